The Bertz CT molecular complexity index is 4320. The molecule has 14 atom stereocenters. The average Bonchev–Trinajstić information content (AvgIpc) is 1.64. The molecule has 2 aromatic heterocycles. The summed E-state index contributed by atoms with van der Waals surface area (Å²) in [6, 6.07) is 36.1. The summed E-state index contributed by atoms with van der Waals surface area (Å²) in [7, 11) is 0. The van der Waals surface area contributed by atoms with Crippen LogP contribution < -0.4 is 87.6 Å². The zero-order chi connectivity index (χ0) is 85.8. The Morgan fingerprint density at radius 3 is 0.822 bits per heavy atom. The maximum absolute atomic E-state index is 14.5. The number of hydrogen-bond acceptors (Lipinski definition) is 20. The summed E-state index contributed by atoms with van der Waals surface area (Å²) in [6.45, 7) is 3.24. The van der Waals surface area contributed by atoms with Gasteiger partial charge in [0.05, 0.1) is 24.3 Å². The summed E-state index contributed by atoms with van der Waals surface area (Å²) in [6.07, 6.45) is 3.08. The molecule has 0 aliphatic carbocycles. The van der Waals surface area contributed by atoms with E-state index in [0.717, 1.165) is 32.9 Å². The van der Waals surface area contributed by atoms with Gasteiger partial charge in [0.2, 0.25) is 70.9 Å². The van der Waals surface area contributed by atoms with E-state index in [0.29, 0.717) is 61.0 Å². The molecule has 0 aliphatic heterocycles. The Morgan fingerprint density at radius 1 is 0.331 bits per heavy atom. The minimum absolute atomic E-state index is 0.0139. The number of carbonyl (C=O) groups excluding carboxylic acids is 12. The number of H-pyrrole nitrogens is 2. The summed E-state index contributed by atoms with van der Waals surface area (Å²) in [5, 5.41) is 48.8. The first-order valence-electron chi connectivity index (χ1n) is 39.0. The molecule has 2 heterocycles. The molecule has 6 aromatic carbocycles. The molecule has 12 amide bonds. The lowest BCUT2D eigenvalue weighted by Crippen LogP contribution is -2.61. The van der Waals surface area contributed by atoms with E-state index in [1.54, 1.807) is 109 Å². The number of aliphatic hydroxyl groups excluding tert-OH is 2. The standard InChI is InChI=1S/2C42H55N9O7S/c2*1-25(52)36(37(45)53)51-39(55)32(18-10-11-19-43)47-42(58)35(22-28-23-46-31-17-9-8-16-29(28)31)50-41(57)34(21-27-14-6-3-7-15-27)49-40(56)33(48-38(54)30(44)24-59)20-26-12-4-2-5-13-26/h2*2-9,12-17,23,25,30,32-36,46,52,59H,10-11,18-22,24,43-44H2,1H3,(H2,45,53)(H,47,58)(H,48,54)(H,49,56)(H,50,57)(H,51,55)/t2*25-,30+,32+,33+,34+,35-,36+/m11/s1. The molecule has 26 N–H and O–H groups in total. The number of aromatic nitrogens is 2. The van der Waals surface area contributed by atoms with Crippen molar-refractivity contribution in [3.63, 3.8) is 0 Å². The first kappa shape index (κ1) is 93.7. The van der Waals surface area contributed by atoms with Crippen molar-refractivity contribution in [3.05, 3.63) is 216 Å². The fourth-order valence-electron chi connectivity index (χ4n) is 12.9. The number of rotatable bonds is 46. The van der Waals surface area contributed by atoms with Crippen LogP contribution in [0.5, 0.6) is 0 Å². The molecule has 118 heavy (non-hydrogen) atoms. The second-order valence-electron chi connectivity index (χ2n) is 28.8. The van der Waals surface area contributed by atoms with Crippen molar-refractivity contribution in [1.29, 1.82) is 0 Å². The molecule has 8 rings (SSSR count). The first-order chi connectivity index (χ1) is 56.6. The number of nitrogens with two attached hydrogens (primary N) is 6. The Kier molecular flexibility index (Phi) is 38.3. The van der Waals surface area contributed by atoms with Gasteiger partial charge in [0.15, 0.2) is 0 Å². The van der Waals surface area contributed by atoms with Crippen molar-refractivity contribution >= 4 is 118 Å². The van der Waals surface area contributed by atoms with Crippen LogP contribution in [-0.4, -0.2) is 200 Å². The van der Waals surface area contributed by atoms with Crippen molar-refractivity contribution in [2.24, 2.45) is 34.4 Å². The van der Waals surface area contributed by atoms with E-state index in [9.17, 15) is 67.7 Å². The minimum atomic E-state index is -1.43. The molecule has 0 unspecified atom stereocenters. The third kappa shape index (κ3) is 29.6. The molecular formula is C84H110N18O14S2. The molecule has 0 fully saturated rings. The van der Waals surface area contributed by atoms with Gasteiger partial charge in [-0.3, -0.25) is 57.5 Å². The lowest BCUT2D eigenvalue weighted by molar-refractivity contribution is -0.135. The number of aliphatic hydroxyl groups is 2. The lowest BCUT2D eigenvalue weighted by Gasteiger charge is -2.28. The van der Waals surface area contributed by atoms with Gasteiger partial charge in [-0.15, -0.1) is 0 Å². The number of amides is 12. The van der Waals surface area contributed by atoms with Crippen molar-refractivity contribution in [2.45, 2.75) is 176 Å². The van der Waals surface area contributed by atoms with E-state index in [-0.39, 0.29) is 62.9 Å². The first-order valence-corrected chi connectivity index (χ1v) is 40.3. The highest BCUT2D eigenvalue weighted by molar-refractivity contribution is 7.80. The summed E-state index contributed by atoms with van der Waals surface area (Å²) in [5.74, 6) is -8.83. The van der Waals surface area contributed by atoms with Gasteiger partial charge in [0.1, 0.15) is 60.4 Å². The van der Waals surface area contributed by atoms with Gasteiger partial charge in [0.25, 0.3) is 0 Å². The van der Waals surface area contributed by atoms with Crippen molar-refractivity contribution in [3.8, 4) is 0 Å². The van der Waals surface area contributed by atoms with Crippen LogP contribution in [0.3, 0.4) is 0 Å². The molecule has 32 nitrogen and oxygen atoms in total. The molecule has 632 valence electrons. The van der Waals surface area contributed by atoms with Crippen LogP contribution in [0.4, 0.5) is 0 Å². The number of benzene rings is 6. The maximum atomic E-state index is 14.5. The molecule has 0 bridgehead atoms. The number of fused-ring (bicyclic) bond motifs is 2. The summed E-state index contributed by atoms with van der Waals surface area (Å²) >= 11 is 8.24. The Hall–Kier alpha value is -11.5. The number of primary amides is 2. The molecule has 8 aromatic rings. The van der Waals surface area contributed by atoms with E-state index in [4.69, 9.17) is 34.4 Å². The maximum Gasteiger partial charge on any atom is 0.243 e. The molecule has 0 radical (unpaired) electrons. The van der Waals surface area contributed by atoms with Gasteiger partial charge in [-0.1, -0.05) is 158 Å². The minimum Gasteiger partial charge on any atom is -0.391 e. The average molecular weight is 1660 g/mol. The quantitative estimate of drug-likeness (QED) is 0.0173. The number of thiol groups is 2. The van der Waals surface area contributed by atoms with Gasteiger partial charge in [-0.05, 0) is 111 Å². The van der Waals surface area contributed by atoms with Crippen molar-refractivity contribution in [2.75, 3.05) is 24.6 Å². The van der Waals surface area contributed by atoms with Crippen LogP contribution in [0.15, 0.2) is 182 Å². The Balaban J connectivity index is 0.000000326. The van der Waals surface area contributed by atoms with Crippen LogP contribution in [0, 0.1) is 0 Å². The molecule has 0 saturated heterocycles. The van der Waals surface area contributed by atoms with E-state index in [1.807, 2.05) is 72.8 Å². The number of carbonyl (C=O) groups is 12. The monoisotopic (exact) mass is 1660 g/mol. The van der Waals surface area contributed by atoms with Gasteiger partial charge in [-0.25, -0.2) is 0 Å². The number of unbranched alkanes of at least 4 members (excludes halogenated alkanes) is 2. The lowest BCUT2D eigenvalue weighted by atomic mass is 10.00. The Labute approximate surface area is 695 Å². The Morgan fingerprint density at radius 2 is 0.568 bits per heavy atom. The predicted octanol–water partition coefficient (Wildman–Crippen LogP) is -0.256. The smallest absolute Gasteiger partial charge is 0.243 e. The summed E-state index contributed by atoms with van der Waals surface area (Å²) < 4.78 is 0. The summed E-state index contributed by atoms with van der Waals surface area (Å²) in [5.41, 5.74) is 40.0. The zero-order valence-electron chi connectivity index (χ0n) is 65.9. The van der Waals surface area contributed by atoms with Crippen LogP contribution in [0.25, 0.3) is 21.8 Å². The van der Waals surface area contributed by atoms with Gasteiger partial charge in [0, 0.05) is 84.2 Å². The van der Waals surface area contributed by atoms with Crippen LogP contribution in [-0.2, 0) is 96.1 Å². The topological polar surface area (TPSA) is 553 Å². The van der Waals surface area contributed by atoms with Crippen molar-refractivity contribution in [1.82, 2.24) is 63.1 Å². The van der Waals surface area contributed by atoms with Crippen molar-refractivity contribution < 1.29 is 67.7 Å². The second kappa shape index (κ2) is 48.3. The number of aromatic amines is 2. The number of para-hydroxylation sites is 2. The van der Waals surface area contributed by atoms with Gasteiger partial charge < -0.3 is 108 Å². The highest BCUT2D eigenvalue weighted by Gasteiger charge is 2.37. The van der Waals surface area contributed by atoms with E-state index in [1.165, 1.54) is 13.8 Å². The third-order valence-corrected chi connectivity index (χ3v) is 20.3. The normalized spacial score (nSPS) is 14.7. The molecule has 0 spiro atoms. The number of hydrogen-bond donors (Lipinski definition) is 22. The molecular weight excluding hydrogens is 1550 g/mol. The molecule has 0 aliphatic rings. The van der Waals surface area contributed by atoms with E-state index < -0.39 is 156 Å². The van der Waals surface area contributed by atoms with Crippen LogP contribution >= 0.6 is 25.3 Å². The third-order valence-electron chi connectivity index (χ3n) is 19.5. The second-order valence-corrected chi connectivity index (χ2v) is 29.5. The highest BCUT2D eigenvalue weighted by Crippen LogP contribution is 2.23. The summed E-state index contributed by atoms with van der Waals surface area (Å²) in [4.78, 5) is 169. The fraction of sp³-hybridized carbons (Fsp3) is 0.381. The van der Waals surface area contributed by atoms with E-state index >= 15 is 0 Å². The molecule has 34 heteroatoms. The SMILES string of the molecule is C[C@@H](O)[C@H](NC(=O)[C@H](CCCCN)NC(=O)[C@@H](Cc1c[nH]c2ccccc12)NC(=O)[C@H](Cc1ccccc1)NC(=O)[C@H](Cc1ccccc1)NC(=O)[C@@H](N)CS)C(N)=O.C[C@@H](O)[C@H](NC(=O)[C@H](CCCCN)NC(=O)[C@@H](Cc1c[nH]c2ccccc12)NC(=O)[C@H](Cc1ccccc1)NC(=O)[C@H](Cc1ccccc1)NC(=O)[C@@H](N)CS)C(N)=O. The molecule has 0 saturated carbocycles. The van der Waals surface area contributed by atoms with Crippen LogP contribution in [0.1, 0.15) is 85.8 Å². The van der Waals surface area contributed by atoms with E-state index in [2.05, 4.69) is 88.4 Å². The van der Waals surface area contributed by atoms with Crippen LogP contribution in [0.2, 0.25) is 0 Å². The van der Waals surface area contributed by atoms with Gasteiger partial charge >= 0.3 is 0 Å². The fourth-order valence-corrected chi connectivity index (χ4v) is 13.3. The predicted molar refractivity (Wildman–Crippen MR) is 455 cm³/mol. The zero-order valence-corrected chi connectivity index (χ0v) is 67.7. The largest absolute Gasteiger partial charge is 0.391 e. The highest BCUT2D eigenvalue weighted by atomic mass is 32.1. The number of nitrogens with one attached hydrogen (secondary N) is 12. The van der Waals surface area contributed by atoms with Gasteiger partial charge in [-0.2, -0.15) is 25.3 Å².